The van der Waals surface area contributed by atoms with Crippen LogP contribution in [0.2, 0.25) is 0 Å². The molecule has 4 heteroatoms. The highest BCUT2D eigenvalue weighted by Crippen LogP contribution is 2.29. The minimum Gasteiger partial charge on any atom is -0.316 e. The Kier molecular flexibility index (Phi) is 2.25. The van der Waals surface area contributed by atoms with Crippen LogP contribution in [-0.2, 0) is 6.42 Å². The first-order valence-corrected chi connectivity index (χ1v) is 5.88. The Hall–Kier alpha value is -0.870. The molecule has 2 unspecified atom stereocenters. The fraction of sp³-hybridized carbons (Fsp3) is 0.727. The molecule has 1 aromatic heterocycles. The van der Waals surface area contributed by atoms with Crippen LogP contribution in [0, 0.1) is 0 Å². The summed E-state index contributed by atoms with van der Waals surface area (Å²) in [7, 11) is 0. The van der Waals surface area contributed by atoms with Crippen molar-refractivity contribution in [2.45, 2.75) is 37.8 Å². The monoisotopic (exact) mass is 206 g/mol. The maximum Gasteiger partial charge on any atom is 0.114 e. The van der Waals surface area contributed by atoms with E-state index in [1.807, 2.05) is 6.20 Å². The molecule has 3 N–H and O–H groups in total. The minimum absolute atomic E-state index is 0.159. The number of nitrogens with zero attached hydrogens (tertiary/aromatic N) is 2. The highest BCUT2D eigenvalue weighted by Gasteiger charge is 2.26. The second-order valence-corrected chi connectivity index (χ2v) is 4.63. The van der Waals surface area contributed by atoms with Gasteiger partial charge >= 0.3 is 0 Å². The Bertz CT molecular complexity index is 351. The molecule has 0 spiro atoms. The number of hydrogen-bond donors (Lipinski definition) is 2. The van der Waals surface area contributed by atoms with E-state index in [2.05, 4.69) is 14.9 Å². The maximum atomic E-state index is 6.16. The van der Waals surface area contributed by atoms with Crippen LogP contribution in [0.15, 0.2) is 6.20 Å². The van der Waals surface area contributed by atoms with Crippen LogP contribution in [0.4, 0.5) is 0 Å². The molecule has 2 aliphatic heterocycles. The molecule has 2 aliphatic rings. The Labute approximate surface area is 89.9 Å². The van der Waals surface area contributed by atoms with Crippen LogP contribution in [0.25, 0.3) is 0 Å². The molecule has 3 heterocycles. The molecule has 1 fully saturated rings. The van der Waals surface area contributed by atoms with Gasteiger partial charge in [-0.3, -0.25) is 0 Å². The highest BCUT2D eigenvalue weighted by atomic mass is 15.2. The molecule has 0 aliphatic carbocycles. The lowest BCUT2D eigenvalue weighted by molar-refractivity contribution is 0.393. The van der Waals surface area contributed by atoms with Gasteiger partial charge in [0.1, 0.15) is 5.82 Å². The van der Waals surface area contributed by atoms with E-state index < -0.39 is 0 Å². The zero-order chi connectivity index (χ0) is 10.3. The molecule has 2 atom stereocenters. The van der Waals surface area contributed by atoms with Crippen LogP contribution in [-0.4, -0.2) is 22.6 Å². The van der Waals surface area contributed by atoms with Crippen LogP contribution in [0.5, 0.6) is 0 Å². The van der Waals surface area contributed by atoms with Gasteiger partial charge < -0.3 is 15.6 Å². The molecule has 82 valence electrons. The lowest BCUT2D eigenvalue weighted by atomic mass is 10.1. The van der Waals surface area contributed by atoms with Gasteiger partial charge in [0.15, 0.2) is 0 Å². The topological polar surface area (TPSA) is 55.9 Å². The second kappa shape index (κ2) is 3.61. The second-order valence-electron chi connectivity index (χ2n) is 4.63. The van der Waals surface area contributed by atoms with Crippen LogP contribution in [0.1, 0.15) is 42.9 Å². The smallest absolute Gasteiger partial charge is 0.114 e. The average Bonchev–Trinajstić information content (AvgIpc) is 2.85. The molecule has 1 aromatic rings. The van der Waals surface area contributed by atoms with Gasteiger partial charge in [0.05, 0.1) is 6.17 Å². The van der Waals surface area contributed by atoms with Crippen molar-refractivity contribution in [3.63, 3.8) is 0 Å². The summed E-state index contributed by atoms with van der Waals surface area (Å²) in [5, 5.41) is 3.39. The van der Waals surface area contributed by atoms with Crippen LogP contribution >= 0.6 is 0 Å². The van der Waals surface area contributed by atoms with Crippen LogP contribution < -0.4 is 11.1 Å². The number of imidazole rings is 1. The Morgan fingerprint density at radius 3 is 3.20 bits per heavy atom. The Morgan fingerprint density at radius 1 is 1.47 bits per heavy atom. The third-order valence-corrected chi connectivity index (χ3v) is 3.59. The summed E-state index contributed by atoms with van der Waals surface area (Å²) in [4.78, 5) is 4.57. The molecule has 4 nitrogen and oxygen atoms in total. The third kappa shape index (κ3) is 1.48. The van der Waals surface area contributed by atoms with Gasteiger partial charge in [-0.15, -0.1) is 0 Å². The predicted molar refractivity (Wildman–Crippen MR) is 58.6 cm³/mol. The fourth-order valence-electron chi connectivity index (χ4n) is 2.78. The standard InChI is InChI=1S/C11H18N4/c12-10-3-1-2-9-7-14-11(15(9)10)8-4-5-13-6-8/h7-8,10,13H,1-6,12H2. The number of nitrogens with one attached hydrogen (secondary N) is 1. The first kappa shape index (κ1) is 9.36. The van der Waals surface area contributed by atoms with E-state index >= 15 is 0 Å². The summed E-state index contributed by atoms with van der Waals surface area (Å²) in [5.41, 5.74) is 7.49. The number of aromatic nitrogens is 2. The predicted octanol–water partition coefficient (Wildman–Crippen LogP) is 0.754. The van der Waals surface area contributed by atoms with Crippen molar-refractivity contribution in [2.24, 2.45) is 5.73 Å². The zero-order valence-electron chi connectivity index (χ0n) is 8.95. The van der Waals surface area contributed by atoms with Gasteiger partial charge in [0.2, 0.25) is 0 Å². The summed E-state index contributed by atoms with van der Waals surface area (Å²) >= 11 is 0. The first-order chi connectivity index (χ1) is 7.36. The van der Waals surface area contributed by atoms with Crippen LogP contribution in [0.3, 0.4) is 0 Å². The maximum absolute atomic E-state index is 6.16. The van der Waals surface area contributed by atoms with Gasteiger partial charge in [-0.1, -0.05) is 0 Å². The SMILES string of the molecule is NC1CCCc2cnc(C3CCNC3)n21. The lowest BCUT2D eigenvalue weighted by Gasteiger charge is -2.25. The molecule has 1 saturated heterocycles. The number of nitrogens with two attached hydrogens (primary N) is 1. The molecule has 0 amide bonds. The summed E-state index contributed by atoms with van der Waals surface area (Å²) in [6.45, 7) is 2.17. The van der Waals surface area contributed by atoms with Crippen molar-refractivity contribution in [2.75, 3.05) is 13.1 Å². The lowest BCUT2D eigenvalue weighted by Crippen LogP contribution is -2.27. The first-order valence-electron chi connectivity index (χ1n) is 5.88. The highest BCUT2D eigenvalue weighted by molar-refractivity contribution is 5.14. The molecule has 0 bridgehead atoms. The van der Waals surface area contributed by atoms with E-state index in [0.29, 0.717) is 5.92 Å². The van der Waals surface area contributed by atoms with Crippen molar-refractivity contribution < 1.29 is 0 Å². The average molecular weight is 206 g/mol. The van der Waals surface area contributed by atoms with E-state index in [1.54, 1.807) is 0 Å². The van der Waals surface area contributed by atoms with Crippen molar-refractivity contribution in [3.05, 3.63) is 17.7 Å². The number of fused-ring (bicyclic) bond motifs is 1. The van der Waals surface area contributed by atoms with Gasteiger partial charge in [-0.2, -0.15) is 0 Å². The van der Waals surface area contributed by atoms with Crippen molar-refractivity contribution in [1.29, 1.82) is 0 Å². The summed E-state index contributed by atoms with van der Waals surface area (Å²) < 4.78 is 2.28. The van der Waals surface area contributed by atoms with Gasteiger partial charge in [-0.25, -0.2) is 4.98 Å². The van der Waals surface area contributed by atoms with Crippen molar-refractivity contribution in [3.8, 4) is 0 Å². The molecular weight excluding hydrogens is 188 g/mol. The number of hydrogen-bond acceptors (Lipinski definition) is 3. The molecular formula is C11H18N4. The number of aryl methyl sites for hydroxylation is 1. The van der Waals surface area contributed by atoms with Crippen molar-refractivity contribution >= 4 is 0 Å². The Balaban J connectivity index is 1.97. The molecule has 0 radical (unpaired) electrons. The van der Waals surface area contributed by atoms with Gasteiger partial charge in [0.25, 0.3) is 0 Å². The van der Waals surface area contributed by atoms with E-state index in [-0.39, 0.29) is 6.17 Å². The summed E-state index contributed by atoms with van der Waals surface area (Å²) in [6.07, 6.45) is 6.81. The van der Waals surface area contributed by atoms with E-state index in [9.17, 15) is 0 Å². The van der Waals surface area contributed by atoms with Gasteiger partial charge in [-0.05, 0) is 32.2 Å². The normalized spacial score (nSPS) is 30.5. The Morgan fingerprint density at radius 2 is 2.40 bits per heavy atom. The minimum atomic E-state index is 0.159. The zero-order valence-corrected chi connectivity index (χ0v) is 8.95. The molecule has 3 rings (SSSR count). The molecule has 0 aromatic carbocycles. The summed E-state index contributed by atoms with van der Waals surface area (Å²) in [5.74, 6) is 1.78. The fourth-order valence-corrected chi connectivity index (χ4v) is 2.78. The summed E-state index contributed by atoms with van der Waals surface area (Å²) in [6, 6.07) is 0. The largest absolute Gasteiger partial charge is 0.316 e. The quantitative estimate of drug-likeness (QED) is 0.713. The van der Waals surface area contributed by atoms with E-state index in [4.69, 9.17) is 5.73 Å². The van der Waals surface area contributed by atoms with Crippen molar-refractivity contribution in [1.82, 2.24) is 14.9 Å². The van der Waals surface area contributed by atoms with E-state index in [0.717, 1.165) is 25.9 Å². The number of rotatable bonds is 1. The van der Waals surface area contributed by atoms with E-state index in [1.165, 1.54) is 24.4 Å². The van der Waals surface area contributed by atoms with Gasteiger partial charge in [0, 0.05) is 24.4 Å². The molecule has 0 saturated carbocycles. The third-order valence-electron chi connectivity index (χ3n) is 3.59. The molecule has 15 heavy (non-hydrogen) atoms.